The third-order valence-corrected chi connectivity index (χ3v) is 2.65. The summed E-state index contributed by atoms with van der Waals surface area (Å²) in [5, 5.41) is 18.2. The molecule has 0 atom stereocenters. The lowest BCUT2D eigenvalue weighted by Crippen LogP contribution is -2.11. The van der Waals surface area contributed by atoms with Gasteiger partial charge < -0.3 is 10.2 Å². The van der Waals surface area contributed by atoms with Gasteiger partial charge in [0.2, 0.25) is 0 Å². The Kier molecular flexibility index (Phi) is 3.36. The van der Waals surface area contributed by atoms with Crippen molar-refractivity contribution in [2.45, 2.75) is 20.8 Å². The van der Waals surface area contributed by atoms with Crippen LogP contribution in [0.1, 0.15) is 44.3 Å². The molecule has 0 aliphatic rings. The summed E-state index contributed by atoms with van der Waals surface area (Å²) in [6, 6.07) is 1.38. The van der Waals surface area contributed by atoms with E-state index in [0.717, 1.165) is 0 Å². The molecule has 0 spiro atoms. The molecule has 0 aliphatic carbocycles. The largest absolute Gasteiger partial charge is 0.478 e. The molecule has 0 bridgehead atoms. The summed E-state index contributed by atoms with van der Waals surface area (Å²) in [7, 11) is 0. The minimum absolute atomic E-state index is 0.0949. The maximum absolute atomic E-state index is 11.1. The van der Waals surface area contributed by atoms with Crippen LogP contribution in [-0.2, 0) is 0 Å². The second-order valence-corrected chi connectivity index (χ2v) is 4.01. The molecule has 0 aliphatic heterocycles. The second-order valence-electron chi connectivity index (χ2n) is 4.01. The first-order chi connectivity index (χ1) is 7.77. The number of hydrogen-bond acceptors (Lipinski definition) is 2. The summed E-state index contributed by atoms with van der Waals surface area (Å²) in [6.45, 7) is 8.56. The SMILES string of the molecule is C=C(C)c1c(C(=O)O)cc(C)c(C(=O)O)c1C. The van der Waals surface area contributed by atoms with E-state index in [4.69, 9.17) is 10.2 Å². The molecule has 0 fully saturated rings. The Bertz CT molecular complexity index is 527. The maximum Gasteiger partial charge on any atom is 0.336 e. The van der Waals surface area contributed by atoms with Gasteiger partial charge in [-0.2, -0.15) is 0 Å². The minimum Gasteiger partial charge on any atom is -0.478 e. The van der Waals surface area contributed by atoms with E-state index >= 15 is 0 Å². The lowest BCUT2D eigenvalue weighted by Gasteiger charge is -2.14. The van der Waals surface area contributed by atoms with E-state index in [9.17, 15) is 9.59 Å². The highest BCUT2D eigenvalue weighted by Gasteiger charge is 2.21. The summed E-state index contributed by atoms with van der Waals surface area (Å²) in [5.41, 5.74) is 2.08. The van der Waals surface area contributed by atoms with Crippen LogP contribution in [0.5, 0.6) is 0 Å². The Labute approximate surface area is 99.2 Å². The lowest BCUT2D eigenvalue weighted by molar-refractivity contribution is 0.0679. The van der Waals surface area contributed by atoms with Gasteiger partial charge in [0.1, 0.15) is 0 Å². The summed E-state index contributed by atoms with van der Waals surface area (Å²) in [4.78, 5) is 22.2. The van der Waals surface area contributed by atoms with E-state index in [0.29, 0.717) is 22.3 Å². The van der Waals surface area contributed by atoms with Crippen molar-refractivity contribution in [3.8, 4) is 0 Å². The van der Waals surface area contributed by atoms with Crippen molar-refractivity contribution >= 4 is 17.5 Å². The fourth-order valence-electron chi connectivity index (χ4n) is 2.03. The lowest BCUT2D eigenvalue weighted by atomic mass is 9.89. The number of hydrogen-bond donors (Lipinski definition) is 2. The van der Waals surface area contributed by atoms with E-state index < -0.39 is 11.9 Å². The van der Waals surface area contributed by atoms with Gasteiger partial charge in [0.05, 0.1) is 11.1 Å². The average Bonchev–Trinajstić information content (AvgIpc) is 2.14. The fourth-order valence-corrected chi connectivity index (χ4v) is 2.03. The van der Waals surface area contributed by atoms with E-state index in [2.05, 4.69) is 6.58 Å². The molecule has 17 heavy (non-hydrogen) atoms. The highest BCUT2D eigenvalue weighted by Crippen LogP contribution is 2.27. The van der Waals surface area contributed by atoms with Crippen molar-refractivity contribution in [1.82, 2.24) is 0 Å². The first kappa shape index (κ1) is 13.0. The highest BCUT2D eigenvalue weighted by molar-refractivity contribution is 5.99. The van der Waals surface area contributed by atoms with Crippen LogP contribution in [0.15, 0.2) is 12.6 Å². The Morgan fingerprint density at radius 1 is 1.12 bits per heavy atom. The first-order valence-electron chi connectivity index (χ1n) is 5.04. The van der Waals surface area contributed by atoms with Crippen LogP contribution in [0.4, 0.5) is 0 Å². The van der Waals surface area contributed by atoms with Gasteiger partial charge in [-0.3, -0.25) is 0 Å². The molecule has 0 amide bonds. The number of aromatic carboxylic acids is 2. The normalized spacial score (nSPS) is 10.1. The number of aryl methyl sites for hydroxylation is 1. The first-order valence-corrected chi connectivity index (χ1v) is 5.04. The topological polar surface area (TPSA) is 74.6 Å². The number of carboxylic acids is 2. The molecule has 0 radical (unpaired) electrons. The molecule has 0 saturated heterocycles. The van der Waals surface area contributed by atoms with Gasteiger partial charge in [-0.15, -0.1) is 0 Å². The highest BCUT2D eigenvalue weighted by atomic mass is 16.4. The quantitative estimate of drug-likeness (QED) is 0.843. The standard InChI is InChI=1S/C13H14O4/c1-6(2)10-8(4)11(13(16)17)7(3)5-9(10)12(14)15/h5H,1H2,2-4H3,(H,14,15)(H,16,17). The summed E-state index contributed by atoms with van der Waals surface area (Å²) in [6.07, 6.45) is 0. The average molecular weight is 234 g/mol. The number of carboxylic acid groups (broad SMARTS) is 2. The Balaban J connectivity index is 3.76. The molecular weight excluding hydrogens is 220 g/mol. The van der Waals surface area contributed by atoms with Crippen LogP contribution in [0, 0.1) is 13.8 Å². The van der Waals surface area contributed by atoms with Crippen LogP contribution in [0.25, 0.3) is 5.57 Å². The molecule has 1 aromatic carbocycles. The molecule has 0 heterocycles. The minimum atomic E-state index is -1.08. The summed E-state index contributed by atoms with van der Waals surface area (Å²) in [5.74, 6) is -2.13. The zero-order chi connectivity index (χ0) is 13.3. The van der Waals surface area contributed by atoms with E-state index in [1.165, 1.54) is 6.07 Å². The van der Waals surface area contributed by atoms with Crippen molar-refractivity contribution in [2.24, 2.45) is 0 Å². The van der Waals surface area contributed by atoms with Crippen LogP contribution in [0.2, 0.25) is 0 Å². The number of rotatable bonds is 3. The van der Waals surface area contributed by atoms with E-state index in [1.54, 1.807) is 20.8 Å². The van der Waals surface area contributed by atoms with E-state index in [1.807, 2.05) is 0 Å². The van der Waals surface area contributed by atoms with E-state index in [-0.39, 0.29) is 11.1 Å². The van der Waals surface area contributed by atoms with Gasteiger partial charge in [0.25, 0.3) is 0 Å². The third kappa shape index (κ3) is 2.20. The molecule has 1 aromatic rings. The van der Waals surface area contributed by atoms with Gasteiger partial charge in [-0.1, -0.05) is 6.58 Å². The van der Waals surface area contributed by atoms with Crippen LogP contribution in [0.3, 0.4) is 0 Å². The van der Waals surface area contributed by atoms with Crippen molar-refractivity contribution < 1.29 is 19.8 Å². The molecular formula is C13H14O4. The van der Waals surface area contributed by atoms with Crippen LogP contribution in [-0.4, -0.2) is 22.2 Å². The monoisotopic (exact) mass is 234 g/mol. The molecule has 2 N–H and O–H groups in total. The number of carbonyl (C=O) groups is 2. The van der Waals surface area contributed by atoms with Gasteiger partial charge in [0, 0.05) is 0 Å². The molecule has 4 nitrogen and oxygen atoms in total. The Hall–Kier alpha value is -2.10. The molecule has 0 unspecified atom stereocenters. The predicted molar refractivity (Wildman–Crippen MR) is 64.5 cm³/mol. The zero-order valence-electron chi connectivity index (χ0n) is 10.00. The van der Waals surface area contributed by atoms with Crippen molar-refractivity contribution in [3.63, 3.8) is 0 Å². The fraction of sp³-hybridized carbons (Fsp3) is 0.231. The Morgan fingerprint density at radius 3 is 2.00 bits per heavy atom. The smallest absolute Gasteiger partial charge is 0.336 e. The van der Waals surface area contributed by atoms with Crippen molar-refractivity contribution in [2.75, 3.05) is 0 Å². The number of benzene rings is 1. The molecule has 1 rings (SSSR count). The van der Waals surface area contributed by atoms with Crippen LogP contribution < -0.4 is 0 Å². The summed E-state index contributed by atoms with van der Waals surface area (Å²) >= 11 is 0. The van der Waals surface area contributed by atoms with Gasteiger partial charge >= 0.3 is 11.9 Å². The maximum atomic E-state index is 11.1. The number of allylic oxidation sites excluding steroid dienone is 1. The van der Waals surface area contributed by atoms with Gasteiger partial charge in [-0.25, -0.2) is 9.59 Å². The molecule has 4 heteroatoms. The van der Waals surface area contributed by atoms with Gasteiger partial charge in [-0.05, 0) is 49.1 Å². The zero-order valence-corrected chi connectivity index (χ0v) is 10.00. The third-order valence-electron chi connectivity index (χ3n) is 2.65. The predicted octanol–water partition coefficient (Wildman–Crippen LogP) is 2.73. The Morgan fingerprint density at radius 2 is 1.65 bits per heavy atom. The second kappa shape index (κ2) is 4.41. The van der Waals surface area contributed by atoms with Crippen molar-refractivity contribution in [1.29, 1.82) is 0 Å². The van der Waals surface area contributed by atoms with Gasteiger partial charge in [0.15, 0.2) is 0 Å². The molecule has 0 saturated carbocycles. The van der Waals surface area contributed by atoms with Crippen molar-refractivity contribution in [3.05, 3.63) is 40.5 Å². The summed E-state index contributed by atoms with van der Waals surface area (Å²) < 4.78 is 0. The molecule has 0 aromatic heterocycles. The molecule has 90 valence electrons. The van der Waals surface area contributed by atoms with Crippen LogP contribution >= 0.6 is 0 Å².